The van der Waals surface area contributed by atoms with Gasteiger partial charge >= 0.3 is 0 Å². The molecule has 2 saturated heterocycles. The van der Waals surface area contributed by atoms with Crippen molar-refractivity contribution in [1.82, 2.24) is 4.90 Å². The van der Waals surface area contributed by atoms with E-state index in [2.05, 4.69) is 17.1 Å². The molecule has 126 valence electrons. The Balaban J connectivity index is 1.60. The molecule has 23 heavy (non-hydrogen) atoms. The van der Waals surface area contributed by atoms with Gasteiger partial charge in [-0.1, -0.05) is 6.07 Å². The highest BCUT2D eigenvalue weighted by molar-refractivity contribution is 7.80. The average Bonchev–Trinajstić information content (AvgIpc) is 2.56. The van der Waals surface area contributed by atoms with Gasteiger partial charge in [-0.3, -0.25) is 0 Å². The number of thiocarbonyl (C=S) groups is 1. The number of ether oxygens (including phenoxy) is 3. The molecule has 0 aromatic heterocycles. The SMILES string of the molecule is COc1ccc(C)cc1NC(=S)N1CCC2(CC1)OCCCO2. The van der Waals surface area contributed by atoms with Gasteiger partial charge in [0.05, 0.1) is 26.0 Å². The molecule has 2 aliphatic heterocycles. The summed E-state index contributed by atoms with van der Waals surface area (Å²) in [6.07, 6.45) is 2.68. The van der Waals surface area contributed by atoms with Crippen molar-refractivity contribution < 1.29 is 14.2 Å². The number of anilines is 1. The van der Waals surface area contributed by atoms with Gasteiger partial charge in [-0.2, -0.15) is 0 Å². The van der Waals surface area contributed by atoms with Gasteiger partial charge in [0.1, 0.15) is 5.75 Å². The predicted octanol–water partition coefficient (Wildman–Crippen LogP) is 2.93. The summed E-state index contributed by atoms with van der Waals surface area (Å²) >= 11 is 5.57. The number of hydrogen-bond acceptors (Lipinski definition) is 4. The molecular weight excluding hydrogens is 312 g/mol. The van der Waals surface area contributed by atoms with E-state index in [9.17, 15) is 0 Å². The molecule has 0 saturated carbocycles. The van der Waals surface area contributed by atoms with Gasteiger partial charge in [0.2, 0.25) is 0 Å². The van der Waals surface area contributed by atoms with E-state index in [1.165, 1.54) is 0 Å². The Hall–Kier alpha value is -1.37. The highest BCUT2D eigenvalue weighted by atomic mass is 32.1. The summed E-state index contributed by atoms with van der Waals surface area (Å²) in [4.78, 5) is 2.17. The predicted molar refractivity (Wildman–Crippen MR) is 94.0 cm³/mol. The zero-order chi connectivity index (χ0) is 16.3. The van der Waals surface area contributed by atoms with Crippen molar-refractivity contribution in [1.29, 1.82) is 0 Å². The standard InChI is InChI=1S/C17H24N2O3S/c1-13-4-5-15(20-2)14(12-13)18-16(23)19-8-6-17(7-9-19)21-10-3-11-22-17/h4-5,12H,3,6-11H2,1-2H3,(H,18,23). The van der Waals surface area contributed by atoms with E-state index in [4.69, 9.17) is 26.4 Å². The highest BCUT2D eigenvalue weighted by Crippen LogP contribution is 2.31. The lowest BCUT2D eigenvalue weighted by Crippen LogP contribution is -2.52. The smallest absolute Gasteiger partial charge is 0.173 e. The molecular formula is C17H24N2O3S. The molecule has 1 aromatic carbocycles. The average molecular weight is 336 g/mol. The number of aryl methyl sites for hydroxylation is 1. The summed E-state index contributed by atoms with van der Waals surface area (Å²) in [5.41, 5.74) is 2.07. The topological polar surface area (TPSA) is 43.0 Å². The molecule has 0 bridgehead atoms. The van der Waals surface area contributed by atoms with Gasteiger partial charge in [-0.25, -0.2) is 0 Å². The summed E-state index contributed by atoms with van der Waals surface area (Å²) in [6, 6.07) is 6.02. The Kier molecular flexibility index (Phi) is 5.04. The Morgan fingerprint density at radius 3 is 2.61 bits per heavy atom. The molecule has 0 radical (unpaired) electrons. The zero-order valence-corrected chi connectivity index (χ0v) is 14.6. The number of nitrogens with one attached hydrogen (secondary N) is 1. The van der Waals surface area contributed by atoms with Gasteiger partial charge in [0.25, 0.3) is 0 Å². The van der Waals surface area contributed by atoms with E-state index in [1.54, 1.807) is 7.11 Å². The third-order valence-corrected chi connectivity index (χ3v) is 4.79. The van der Waals surface area contributed by atoms with E-state index in [-0.39, 0.29) is 5.79 Å². The van der Waals surface area contributed by atoms with Crippen LogP contribution in [0.3, 0.4) is 0 Å². The minimum atomic E-state index is -0.384. The van der Waals surface area contributed by atoms with Crippen LogP contribution in [0.4, 0.5) is 5.69 Å². The van der Waals surface area contributed by atoms with Crippen LogP contribution in [0.5, 0.6) is 5.75 Å². The van der Waals surface area contributed by atoms with Crippen molar-refractivity contribution in [2.24, 2.45) is 0 Å². The van der Waals surface area contributed by atoms with E-state index in [0.29, 0.717) is 0 Å². The molecule has 6 heteroatoms. The van der Waals surface area contributed by atoms with Gasteiger partial charge in [0.15, 0.2) is 10.9 Å². The molecule has 1 N–H and O–H groups in total. The van der Waals surface area contributed by atoms with Crippen molar-refractivity contribution in [3.05, 3.63) is 23.8 Å². The molecule has 3 rings (SSSR count). The number of nitrogens with zero attached hydrogens (tertiary/aromatic N) is 1. The van der Waals surface area contributed by atoms with Crippen molar-refractivity contribution in [2.75, 3.05) is 38.7 Å². The van der Waals surface area contributed by atoms with E-state index < -0.39 is 0 Å². The number of methoxy groups -OCH3 is 1. The maximum atomic E-state index is 5.87. The lowest BCUT2D eigenvalue weighted by Gasteiger charge is -2.44. The van der Waals surface area contributed by atoms with Crippen LogP contribution < -0.4 is 10.1 Å². The normalized spacial score (nSPS) is 20.3. The summed E-state index contributed by atoms with van der Waals surface area (Å²) in [6.45, 7) is 5.31. The first-order valence-corrected chi connectivity index (χ1v) is 8.51. The Morgan fingerprint density at radius 2 is 1.96 bits per heavy atom. The molecule has 0 aliphatic carbocycles. The molecule has 0 unspecified atom stereocenters. The quantitative estimate of drug-likeness (QED) is 0.838. The van der Waals surface area contributed by atoms with Crippen LogP contribution in [0.1, 0.15) is 24.8 Å². The van der Waals surface area contributed by atoms with Crippen molar-refractivity contribution in [3.63, 3.8) is 0 Å². The fourth-order valence-electron chi connectivity index (χ4n) is 3.07. The fraction of sp³-hybridized carbons (Fsp3) is 0.588. The van der Waals surface area contributed by atoms with Crippen LogP contribution in [0.25, 0.3) is 0 Å². The van der Waals surface area contributed by atoms with Crippen LogP contribution in [0.2, 0.25) is 0 Å². The monoisotopic (exact) mass is 336 g/mol. The number of benzene rings is 1. The number of rotatable bonds is 2. The van der Waals surface area contributed by atoms with Crippen LogP contribution in [-0.4, -0.2) is 49.2 Å². The fourth-order valence-corrected chi connectivity index (χ4v) is 3.36. The number of piperidine rings is 1. The maximum absolute atomic E-state index is 5.87. The van der Waals surface area contributed by atoms with Crippen molar-refractivity contribution in [3.8, 4) is 5.75 Å². The molecule has 2 aliphatic rings. The first-order chi connectivity index (χ1) is 11.1. The number of hydrogen-bond donors (Lipinski definition) is 1. The summed E-state index contributed by atoms with van der Waals surface area (Å²) in [5.74, 6) is 0.413. The second-order valence-electron chi connectivity index (χ2n) is 6.08. The Bertz CT molecular complexity index is 563. The first kappa shape index (κ1) is 16.5. The van der Waals surface area contributed by atoms with Crippen LogP contribution in [0, 0.1) is 6.92 Å². The van der Waals surface area contributed by atoms with E-state index in [0.717, 1.165) is 67.7 Å². The third kappa shape index (κ3) is 3.76. The molecule has 0 amide bonds. The molecule has 2 fully saturated rings. The van der Waals surface area contributed by atoms with Gasteiger partial charge < -0.3 is 24.4 Å². The Morgan fingerprint density at radius 1 is 1.26 bits per heavy atom. The highest BCUT2D eigenvalue weighted by Gasteiger charge is 2.38. The molecule has 1 spiro atoms. The van der Waals surface area contributed by atoms with Crippen LogP contribution >= 0.6 is 12.2 Å². The van der Waals surface area contributed by atoms with E-state index >= 15 is 0 Å². The molecule has 5 nitrogen and oxygen atoms in total. The molecule has 2 heterocycles. The Labute approximate surface area is 142 Å². The largest absolute Gasteiger partial charge is 0.495 e. The summed E-state index contributed by atoms with van der Waals surface area (Å²) in [7, 11) is 1.67. The lowest BCUT2D eigenvalue weighted by molar-refractivity contribution is -0.281. The molecule has 0 atom stereocenters. The second-order valence-corrected chi connectivity index (χ2v) is 6.47. The van der Waals surface area contributed by atoms with Crippen LogP contribution in [-0.2, 0) is 9.47 Å². The zero-order valence-electron chi connectivity index (χ0n) is 13.8. The van der Waals surface area contributed by atoms with E-state index in [1.807, 2.05) is 18.2 Å². The van der Waals surface area contributed by atoms with Gasteiger partial charge in [-0.05, 0) is 43.3 Å². The van der Waals surface area contributed by atoms with Gasteiger partial charge in [-0.15, -0.1) is 0 Å². The van der Waals surface area contributed by atoms with Crippen molar-refractivity contribution in [2.45, 2.75) is 32.0 Å². The number of likely N-dealkylation sites (tertiary alicyclic amines) is 1. The van der Waals surface area contributed by atoms with Crippen molar-refractivity contribution >= 4 is 23.0 Å². The third-order valence-electron chi connectivity index (χ3n) is 4.43. The minimum absolute atomic E-state index is 0.384. The maximum Gasteiger partial charge on any atom is 0.173 e. The summed E-state index contributed by atoms with van der Waals surface area (Å²) in [5, 5.41) is 4.04. The lowest BCUT2D eigenvalue weighted by atomic mass is 10.0. The molecule has 1 aromatic rings. The van der Waals surface area contributed by atoms with Crippen LogP contribution in [0.15, 0.2) is 18.2 Å². The summed E-state index contributed by atoms with van der Waals surface area (Å²) < 4.78 is 17.1. The minimum Gasteiger partial charge on any atom is -0.495 e. The second kappa shape index (κ2) is 7.03. The van der Waals surface area contributed by atoms with Gasteiger partial charge in [0, 0.05) is 25.9 Å². The first-order valence-electron chi connectivity index (χ1n) is 8.10.